The Bertz CT molecular complexity index is 944. The molecule has 0 spiro atoms. The fourth-order valence-electron chi connectivity index (χ4n) is 3.82. The highest BCUT2D eigenvalue weighted by Gasteiger charge is 2.25. The first-order valence-corrected chi connectivity index (χ1v) is 8.86. The van der Waals surface area contributed by atoms with Crippen molar-refractivity contribution in [1.82, 2.24) is 15.3 Å². The van der Waals surface area contributed by atoms with Crippen LogP contribution >= 0.6 is 0 Å². The Labute approximate surface area is 151 Å². The first-order valence-electron chi connectivity index (χ1n) is 8.86. The number of nitrogens with one attached hydrogen (secondary N) is 2. The molecule has 0 atom stereocenters. The van der Waals surface area contributed by atoms with E-state index in [0.29, 0.717) is 11.5 Å². The summed E-state index contributed by atoms with van der Waals surface area (Å²) in [4.78, 5) is 21.9. The molecule has 1 aromatic carbocycles. The lowest BCUT2D eigenvalue weighted by molar-refractivity contribution is 0.0963. The van der Waals surface area contributed by atoms with E-state index in [1.54, 1.807) is 19.3 Å². The Kier molecular flexibility index (Phi) is 4.32. The average Bonchev–Trinajstić information content (AvgIpc) is 3.10. The minimum atomic E-state index is -0.224. The average molecular weight is 352 g/mol. The molecule has 1 aliphatic rings. The fraction of sp³-hybridized carbons (Fsp3) is 0.300. The van der Waals surface area contributed by atoms with Gasteiger partial charge in [0.15, 0.2) is 0 Å². The normalized spacial score (nSPS) is 15.4. The number of pyridine rings is 1. The third kappa shape index (κ3) is 2.92. The molecule has 3 aromatic rings. The van der Waals surface area contributed by atoms with Crippen molar-refractivity contribution in [3.8, 4) is 0 Å². The van der Waals surface area contributed by atoms with Crippen molar-refractivity contribution in [2.24, 2.45) is 0 Å². The number of benzene rings is 1. The number of carbonyl (C=O) groups excluding carboxylic acids is 1. The molecule has 2 aromatic heterocycles. The number of aromatic amines is 1. The van der Waals surface area contributed by atoms with Crippen LogP contribution in [0.4, 0.5) is 10.2 Å². The third-order valence-corrected chi connectivity index (χ3v) is 5.17. The van der Waals surface area contributed by atoms with Crippen molar-refractivity contribution >= 4 is 22.6 Å². The van der Waals surface area contributed by atoms with Crippen LogP contribution in [-0.4, -0.2) is 36.0 Å². The second-order valence-corrected chi connectivity index (χ2v) is 6.65. The van der Waals surface area contributed by atoms with Gasteiger partial charge in [-0.1, -0.05) is 0 Å². The van der Waals surface area contributed by atoms with Gasteiger partial charge in [-0.2, -0.15) is 0 Å². The predicted octanol–water partition coefficient (Wildman–Crippen LogP) is 3.45. The van der Waals surface area contributed by atoms with Gasteiger partial charge in [0.05, 0.1) is 5.56 Å². The van der Waals surface area contributed by atoms with Crippen LogP contribution in [0.15, 0.2) is 42.7 Å². The smallest absolute Gasteiger partial charge is 0.254 e. The van der Waals surface area contributed by atoms with Crippen molar-refractivity contribution in [3.63, 3.8) is 0 Å². The number of piperidine rings is 1. The summed E-state index contributed by atoms with van der Waals surface area (Å²) in [6.45, 7) is 1.67. The van der Waals surface area contributed by atoms with E-state index in [1.807, 2.05) is 18.3 Å². The number of nitrogens with zero attached hydrogens (tertiary/aromatic N) is 2. The Morgan fingerprint density at radius 3 is 2.88 bits per heavy atom. The molecule has 134 valence electrons. The maximum Gasteiger partial charge on any atom is 0.254 e. The molecule has 0 saturated carbocycles. The monoisotopic (exact) mass is 352 g/mol. The lowest BCUT2D eigenvalue weighted by atomic mass is 9.89. The second-order valence-electron chi connectivity index (χ2n) is 6.65. The summed E-state index contributed by atoms with van der Waals surface area (Å²) in [6.07, 6.45) is 5.66. The van der Waals surface area contributed by atoms with Gasteiger partial charge in [-0.25, -0.2) is 9.37 Å². The molecule has 0 aliphatic carbocycles. The van der Waals surface area contributed by atoms with Crippen LogP contribution < -0.4 is 10.2 Å². The van der Waals surface area contributed by atoms with E-state index < -0.39 is 0 Å². The molecule has 4 rings (SSSR count). The number of rotatable bonds is 3. The highest BCUT2D eigenvalue weighted by Crippen LogP contribution is 2.34. The number of aromatic nitrogens is 2. The topological polar surface area (TPSA) is 61.0 Å². The number of halogens is 1. The van der Waals surface area contributed by atoms with E-state index in [0.717, 1.165) is 42.7 Å². The van der Waals surface area contributed by atoms with Gasteiger partial charge in [-0.3, -0.25) is 4.79 Å². The van der Waals surface area contributed by atoms with Gasteiger partial charge in [0, 0.05) is 43.4 Å². The fourth-order valence-corrected chi connectivity index (χ4v) is 3.82. The number of anilines is 1. The van der Waals surface area contributed by atoms with Crippen LogP contribution in [0.5, 0.6) is 0 Å². The highest BCUT2D eigenvalue weighted by molar-refractivity contribution is 5.98. The van der Waals surface area contributed by atoms with Gasteiger partial charge in [-0.05, 0) is 54.7 Å². The van der Waals surface area contributed by atoms with Gasteiger partial charge in [0.2, 0.25) is 0 Å². The number of amides is 1. The zero-order valence-corrected chi connectivity index (χ0v) is 14.6. The van der Waals surface area contributed by atoms with Crippen LogP contribution in [0.25, 0.3) is 10.9 Å². The summed E-state index contributed by atoms with van der Waals surface area (Å²) in [6, 6.07) is 8.49. The van der Waals surface area contributed by atoms with Gasteiger partial charge in [0.1, 0.15) is 11.6 Å². The Morgan fingerprint density at radius 2 is 2.12 bits per heavy atom. The number of hydrogen-bond acceptors (Lipinski definition) is 3. The van der Waals surface area contributed by atoms with E-state index in [-0.39, 0.29) is 11.7 Å². The molecule has 1 saturated heterocycles. The van der Waals surface area contributed by atoms with Crippen molar-refractivity contribution in [2.45, 2.75) is 18.8 Å². The van der Waals surface area contributed by atoms with Crippen LogP contribution in [0.1, 0.15) is 34.7 Å². The van der Waals surface area contributed by atoms with Crippen molar-refractivity contribution in [2.75, 3.05) is 25.0 Å². The maximum atomic E-state index is 13.4. The third-order valence-electron chi connectivity index (χ3n) is 5.17. The minimum absolute atomic E-state index is 0.117. The first-order chi connectivity index (χ1) is 12.7. The lowest BCUT2D eigenvalue weighted by Crippen LogP contribution is -2.35. The standard InChI is InChI=1S/C20H21FN4O/c1-22-20(26)16-3-2-8-23-19(16)25-9-6-13(7-10-25)17-12-24-18-11-14(21)4-5-15(17)18/h2-5,8,11-13,24H,6-7,9-10H2,1H3,(H,22,26). The van der Waals surface area contributed by atoms with E-state index in [1.165, 1.54) is 17.7 Å². The molecule has 3 heterocycles. The number of H-pyrrole nitrogens is 1. The Hall–Kier alpha value is -2.89. The van der Waals surface area contributed by atoms with Crippen molar-refractivity contribution in [1.29, 1.82) is 0 Å². The molecule has 0 radical (unpaired) electrons. The number of carbonyl (C=O) groups is 1. The Balaban J connectivity index is 1.53. The summed E-state index contributed by atoms with van der Waals surface area (Å²) in [7, 11) is 1.63. The van der Waals surface area contributed by atoms with Crippen LogP contribution in [-0.2, 0) is 0 Å². The molecular formula is C20H21FN4O. The molecule has 1 fully saturated rings. The van der Waals surface area contributed by atoms with Crippen LogP contribution in [0, 0.1) is 5.82 Å². The van der Waals surface area contributed by atoms with Gasteiger partial charge >= 0.3 is 0 Å². The zero-order valence-electron chi connectivity index (χ0n) is 14.6. The molecule has 2 N–H and O–H groups in total. The zero-order chi connectivity index (χ0) is 18.1. The number of fused-ring (bicyclic) bond motifs is 1. The van der Waals surface area contributed by atoms with Crippen LogP contribution in [0.2, 0.25) is 0 Å². The first kappa shape index (κ1) is 16.6. The van der Waals surface area contributed by atoms with Gasteiger partial charge in [-0.15, -0.1) is 0 Å². The van der Waals surface area contributed by atoms with Crippen molar-refractivity contribution in [3.05, 3.63) is 59.7 Å². The minimum Gasteiger partial charge on any atom is -0.361 e. The quantitative estimate of drug-likeness (QED) is 0.759. The van der Waals surface area contributed by atoms with Gasteiger partial charge < -0.3 is 15.2 Å². The summed E-state index contributed by atoms with van der Waals surface area (Å²) < 4.78 is 13.4. The summed E-state index contributed by atoms with van der Waals surface area (Å²) in [5.41, 5.74) is 2.69. The molecule has 0 unspecified atom stereocenters. The van der Waals surface area contributed by atoms with Crippen LogP contribution in [0.3, 0.4) is 0 Å². The summed E-state index contributed by atoms with van der Waals surface area (Å²) in [5.74, 6) is 0.815. The molecule has 6 heteroatoms. The molecular weight excluding hydrogens is 331 g/mol. The number of hydrogen-bond donors (Lipinski definition) is 2. The maximum absolute atomic E-state index is 13.4. The Morgan fingerprint density at radius 1 is 1.31 bits per heavy atom. The SMILES string of the molecule is CNC(=O)c1cccnc1N1CCC(c2c[nH]c3cc(F)ccc23)CC1. The molecule has 1 aliphatic heterocycles. The molecule has 5 nitrogen and oxygen atoms in total. The van der Waals surface area contributed by atoms with Gasteiger partial charge in [0.25, 0.3) is 5.91 Å². The van der Waals surface area contributed by atoms with Crippen molar-refractivity contribution < 1.29 is 9.18 Å². The second kappa shape index (κ2) is 6.78. The summed E-state index contributed by atoms with van der Waals surface area (Å²) >= 11 is 0. The molecule has 1 amide bonds. The highest BCUT2D eigenvalue weighted by atomic mass is 19.1. The van der Waals surface area contributed by atoms with E-state index in [9.17, 15) is 9.18 Å². The molecule has 26 heavy (non-hydrogen) atoms. The largest absolute Gasteiger partial charge is 0.361 e. The summed E-state index contributed by atoms with van der Waals surface area (Å²) in [5, 5.41) is 3.77. The van der Waals surface area contributed by atoms with E-state index >= 15 is 0 Å². The van der Waals surface area contributed by atoms with E-state index in [4.69, 9.17) is 0 Å². The predicted molar refractivity (Wildman–Crippen MR) is 100 cm³/mol. The van der Waals surface area contributed by atoms with E-state index in [2.05, 4.69) is 20.2 Å². The lowest BCUT2D eigenvalue weighted by Gasteiger charge is -2.33. The molecule has 0 bridgehead atoms.